The minimum atomic E-state index is -3.41. The van der Waals surface area contributed by atoms with Crippen LogP contribution >= 0.6 is 11.3 Å². The maximum atomic E-state index is 12.1. The van der Waals surface area contributed by atoms with E-state index < -0.39 is 10.0 Å². The van der Waals surface area contributed by atoms with E-state index in [1.165, 1.54) is 4.88 Å². The molecule has 0 spiro atoms. The van der Waals surface area contributed by atoms with Gasteiger partial charge in [-0.05, 0) is 36.9 Å². The lowest BCUT2D eigenvalue weighted by molar-refractivity contribution is 0.560. The maximum absolute atomic E-state index is 12.1. The Morgan fingerprint density at radius 2 is 1.89 bits per heavy atom. The molecule has 1 atom stereocenters. The Kier molecular flexibility index (Phi) is 4.16. The van der Waals surface area contributed by atoms with Crippen molar-refractivity contribution in [1.82, 2.24) is 4.72 Å². The molecule has 0 aliphatic rings. The van der Waals surface area contributed by atoms with E-state index in [0.717, 1.165) is 0 Å². The van der Waals surface area contributed by atoms with Gasteiger partial charge >= 0.3 is 0 Å². The second-order valence-electron chi connectivity index (χ2n) is 4.12. The lowest BCUT2D eigenvalue weighted by Crippen LogP contribution is -2.33. The van der Waals surface area contributed by atoms with Gasteiger partial charge in [-0.2, -0.15) is 0 Å². The SMILES string of the molecule is C[C@H](Cc1cccs1)NS(=O)(=O)c1ccccc1. The molecule has 1 aromatic carbocycles. The van der Waals surface area contributed by atoms with Crippen LogP contribution in [0.15, 0.2) is 52.7 Å². The molecule has 0 unspecified atom stereocenters. The Balaban J connectivity index is 2.05. The van der Waals surface area contributed by atoms with Gasteiger partial charge in [-0.15, -0.1) is 11.3 Å². The predicted octanol–water partition coefficient (Wildman–Crippen LogP) is 2.66. The molecule has 3 nitrogen and oxygen atoms in total. The summed E-state index contributed by atoms with van der Waals surface area (Å²) in [5.41, 5.74) is 0. The van der Waals surface area contributed by atoms with Gasteiger partial charge < -0.3 is 0 Å². The minimum absolute atomic E-state index is 0.117. The van der Waals surface area contributed by atoms with E-state index in [9.17, 15) is 8.42 Å². The smallest absolute Gasteiger partial charge is 0.208 e. The van der Waals surface area contributed by atoms with Crippen LogP contribution in [-0.4, -0.2) is 14.5 Å². The quantitative estimate of drug-likeness (QED) is 0.916. The Hall–Kier alpha value is -1.17. The van der Waals surface area contributed by atoms with Crippen molar-refractivity contribution >= 4 is 21.4 Å². The second-order valence-corrected chi connectivity index (χ2v) is 6.87. The van der Waals surface area contributed by atoms with E-state index in [2.05, 4.69) is 4.72 Å². The molecule has 96 valence electrons. The number of hydrogen-bond donors (Lipinski definition) is 1. The fourth-order valence-electron chi connectivity index (χ4n) is 1.70. The number of sulfonamides is 1. The van der Waals surface area contributed by atoms with Gasteiger partial charge in [0, 0.05) is 10.9 Å². The van der Waals surface area contributed by atoms with E-state index in [-0.39, 0.29) is 6.04 Å². The fraction of sp³-hybridized carbons (Fsp3) is 0.231. The molecule has 0 bridgehead atoms. The maximum Gasteiger partial charge on any atom is 0.240 e. The highest BCUT2D eigenvalue weighted by Crippen LogP contribution is 2.13. The van der Waals surface area contributed by atoms with Crippen LogP contribution in [0, 0.1) is 0 Å². The molecule has 5 heteroatoms. The molecule has 2 rings (SSSR count). The zero-order valence-corrected chi connectivity index (χ0v) is 11.7. The van der Waals surface area contributed by atoms with E-state index in [0.29, 0.717) is 11.3 Å². The van der Waals surface area contributed by atoms with Crippen LogP contribution in [0.25, 0.3) is 0 Å². The topological polar surface area (TPSA) is 46.2 Å². The zero-order chi connectivity index (χ0) is 13.0. The Morgan fingerprint density at radius 3 is 2.50 bits per heavy atom. The molecule has 0 fully saturated rings. The standard InChI is InChI=1S/C13H15NO2S2/c1-11(10-12-6-5-9-17-12)14-18(15,16)13-7-3-2-4-8-13/h2-9,11,14H,10H2,1H3/t11-/m1/s1. The van der Waals surface area contributed by atoms with Crippen LogP contribution in [0.4, 0.5) is 0 Å². The third-order valence-electron chi connectivity index (χ3n) is 2.50. The normalized spacial score (nSPS) is 13.4. The number of hydrogen-bond acceptors (Lipinski definition) is 3. The molecule has 0 amide bonds. The molecule has 1 N–H and O–H groups in total. The highest BCUT2D eigenvalue weighted by molar-refractivity contribution is 7.89. The molecule has 0 radical (unpaired) electrons. The van der Waals surface area contributed by atoms with Crippen LogP contribution in [0.3, 0.4) is 0 Å². The van der Waals surface area contributed by atoms with Crippen LogP contribution in [0.1, 0.15) is 11.8 Å². The molecular formula is C13H15NO2S2. The second kappa shape index (κ2) is 5.65. The average Bonchev–Trinajstić information content (AvgIpc) is 2.82. The molecular weight excluding hydrogens is 266 g/mol. The van der Waals surface area contributed by atoms with Gasteiger partial charge in [0.25, 0.3) is 0 Å². The molecule has 0 aliphatic heterocycles. The zero-order valence-electron chi connectivity index (χ0n) is 10.0. The minimum Gasteiger partial charge on any atom is -0.208 e. The predicted molar refractivity (Wildman–Crippen MR) is 74.2 cm³/mol. The van der Waals surface area contributed by atoms with Crippen molar-refractivity contribution in [3.05, 3.63) is 52.7 Å². The fourth-order valence-corrected chi connectivity index (χ4v) is 3.80. The lowest BCUT2D eigenvalue weighted by Gasteiger charge is -2.13. The first-order valence-electron chi connectivity index (χ1n) is 5.68. The van der Waals surface area contributed by atoms with Crippen molar-refractivity contribution in [2.75, 3.05) is 0 Å². The molecule has 18 heavy (non-hydrogen) atoms. The van der Waals surface area contributed by atoms with Crippen LogP contribution in [0.2, 0.25) is 0 Å². The average molecular weight is 281 g/mol. The van der Waals surface area contributed by atoms with Crippen molar-refractivity contribution in [3.8, 4) is 0 Å². The summed E-state index contributed by atoms with van der Waals surface area (Å²) in [5.74, 6) is 0. The summed E-state index contributed by atoms with van der Waals surface area (Å²) < 4.78 is 26.8. The van der Waals surface area contributed by atoms with Gasteiger partial charge in [0.2, 0.25) is 10.0 Å². The third kappa shape index (κ3) is 3.41. The first kappa shape index (κ1) is 13.3. The van der Waals surface area contributed by atoms with Gasteiger partial charge in [0.15, 0.2) is 0 Å². The Morgan fingerprint density at radius 1 is 1.17 bits per heavy atom. The number of rotatable bonds is 5. The Bertz CT molecular complexity index is 577. The molecule has 2 aromatic rings. The van der Waals surface area contributed by atoms with Crippen LogP contribution < -0.4 is 4.72 Å². The van der Waals surface area contributed by atoms with E-state index in [1.807, 2.05) is 24.4 Å². The van der Waals surface area contributed by atoms with E-state index >= 15 is 0 Å². The van der Waals surface area contributed by atoms with Crippen molar-refractivity contribution in [2.45, 2.75) is 24.3 Å². The number of benzene rings is 1. The summed E-state index contributed by atoms with van der Waals surface area (Å²) in [5, 5.41) is 1.99. The summed E-state index contributed by atoms with van der Waals surface area (Å²) in [4.78, 5) is 1.49. The van der Waals surface area contributed by atoms with Gasteiger partial charge in [0.1, 0.15) is 0 Å². The van der Waals surface area contributed by atoms with Gasteiger partial charge in [-0.1, -0.05) is 24.3 Å². The van der Waals surface area contributed by atoms with E-state index in [4.69, 9.17) is 0 Å². The highest BCUT2D eigenvalue weighted by Gasteiger charge is 2.17. The summed E-state index contributed by atoms with van der Waals surface area (Å²) in [7, 11) is -3.41. The van der Waals surface area contributed by atoms with Crippen molar-refractivity contribution < 1.29 is 8.42 Å². The third-order valence-corrected chi connectivity index (χ3v) is 5.00. The largest absolute Gasteiger partial charge is 0.240 e. The first-order chi connectivity index (χ1) is 8.58. The van der Waals surface area contributed by atoms with Crippen LogP contribution in [0.5, 0.6) is 0 Å². The van der Waals surface area contributed by atoms with Crippen molar-refractivity contribution in [2.24, 2.45) is 0 Å². The molecule has 0 saturated carbocycles. The highest BCUT2D eigenvalue weighted by atomic mass is 32.2. The van der Waals surface area contributed by atoms with Gasteiger partial charge in [-0.3, -0.25) is 0 Å². The number of nitrogens with one attached hydrogen (secondary N) is 1. The summed E-state index contributed by atoms with van der Waals surface area (Å²) in [6, 6.07) is 12.3. The van der Waals surface area contributed by atoms with Gasteiger partial charge in [0.05, 0.1) is 4.90 Å². The summed E-state index contributed by atoms with van der Waals surface area (Å²) in [6.07, 6.45) is 0.712. The molecule has 1 heterocycles. The van der Waals surface area contributed by atoms with Gasteiger partial charge in [-0.25, -0.2) is 13.1 Å². The summed E-state index contributed by atoms with van der Waals surface area (Å²) in [6.45, 7) is 1.88. The number of thiophene rings is 1. The van der Waals surface area contributed by atoms with Crippen molar-refractivity contribution in [1.29, 1.82) is 0 Å². The van der Waals surface area contributed by atoms with Crippen molar-refractivity contribution in [3.63, 3.8) is 0 Å². The monoisotopic (exact) mass is 281 g/mol. The van der Waals surface area contributed by atoms with E-state index in [1.54, 1.807) is 41.7 Å². The molecule has 0 aliphatic carbocycles. The lowest BCUT2D eigenvalue weighted by atomic mass is 10.2. The van der Waals surface area contributed by atoms with Crippen LogP contribution in [-0.2, 0) is 16.4 Å². The molecule has 1 aromatic heterocycles. The molecule has 0 saturated heterocycles. The first-order valence-corrected chi connectivity index (χ1v) is 8.04. The Labute approximate surface area is 112 Å². The summed E-state index contributed by atoms with van der Waals surface area (Å²) >= 11 is 1.64.